The maximum absolute atomic E-state index is 8.94. The van der Waals surface area contributed by atoms with Crippen molar-refractivity contribution in [3.8, 4) is 11.3 Å². The van der Waals surface area contributed by atoms with Gasteiger partial charge >= 0.3 is 0 Å². The molecule has 2 aromatic rings. The second kappa shape index (κ2) is 11.8. The first-order valence-corrected chi connectivity index (χ1v) is 13.9. The molecule has 1 aromatic carbocycles. The first kappa shape index (κ1) is 23.9. The molecule has 4 heteroatoms. The van der Waals surface area contributed by atoms with E-state index in [1.165, 1.54) is 67.6 Å². The number of unbranched alkanes of at least 4 members (excludes halogenated alkanes) is 1. The molecule has 3 nitrogen and oxygen atoms in total. The van der Waals surface area contributed by atoms with Gasteiger partial charge in [-0.3, -0.25) is 0 Å². The van der Waals surface area contributed by atoms with Crippen LogP contribution in [-0.2, 0) is 6.42 Å². The zero-order chi connectivity index (χ0) is 22.3. The summed E-state index contributed by atoms with van der Waals surface area (Å²) >= 11 is 1.85. The maximum atomic E-state index is 8.94. The molecule has 2 aliphatic rings. The Morgan fingerprint density at radius 2 is 1.84 bits per heavy atom. The summed E-state index contributed by atoms with van der Waals surface area (Å²) in [7, 11) is 0. The van der Waals surface area contributed by atoms with E-state index in [1.54, 1.807) is 11.1 Å². The molecule has 176 valence electrons. The zero-order valence-corrected chi connectivity index (χ0v) is 20.9. The van der Waals surface area contributed by atoms with Gasteiger partial charge in [0, 0.05) is 23.6 Å². The topological polar surface area (TPSA) is 45.1 Å². The molecule has 1 heterocycles. The molecule has 4 atom stereocenters. The fraction of sp³-hybridized carbons (Fsp3) is 0.679. The standard InChI is InChI=1S/C28H42N2OS/c1-20-8-9-21(2)26-18-23(12-14-25(20)26)27-19-32-28(30-27)15-11-22-6-5-7-24(13-10-22)29-16-3-4-17-31/h12,14,18-22,24,29,31H,3-11,13,15-17H2,1-2H3. The number of hydrogen-bond donors (Lipinski definition) is 2. The van der Waals surface area contributed by atoms with Gasteiger partial charge in [-0.2, -0.15) is 0 Å². The van der Waals surface area contributed by atoms with Gasteiger partial charge < -0.3 is 10.4 Å². The molecular weight excluding hydrogens is 412 g/mol. The van der Waals surface area contributed by atoms with Crippen LogP contribution in [0.3, 0.4) is 0 Å². The van der Waals surface area contributed by atoms with E-state index < -0.39 is 0 Å². The van der Waals surface area contributed by atoms with Gasteiger partial charge in [-0.25, -0.2) is 4.98 Å². The number of hydrogen-bond acceptors (Lipinski definition) is 4. The molecule has 2 aliphatic carbocycles. The van der Waals surface area contributed by atoms with E-state index in [-0.39, 0.29) is 0 Å². The molecular formula is C28H42N2OS. The molecule has 0 radical (unpaired) electrons. The first-order valence-electron chi connectivity index (χ1n) is 13.1. The van der Waals surface area contributed by atoms with Gasteiger partial charge in [-0.15, -0.1) is 11.3 Å². The Morgan fingerprint density at radius 1 is 1.00 bits per heavy atom. The Labute approximate surface area is 199 Å². The third-order valence-electron chi connectivity index (χ3n) is 7.90. The molecule has 2 N–H and O–H groups in total. The molecule has 32 heavy (non-hydrogen) atoms. The van der Waals surface area contributed by atoms with Crippen molar-refractivity contribution in [2.45, 2.75) is 102 Å². The number of nitrogens with zero attached hydrogens (tertiary/aromatic N) is 1. The Kier molecular flexibility index (Phi) is 8.79. The van der Waals surface area contributed by atoms with Crippen LogP contribution in [0.4, 0.5) is 0 Å². The average Bonchev–Trinajstić information content (AvgIpc) is 3.17. The van der Waals surface area contributed by atoms with Crippen LogP contribution in [0.25, 0.3) is 11.3 Å². The minimum Gasteiger partial charge on any atom is -0.396 e. The van der Waals surface area contributed by atoms with E-state index in [9.17, 15) is 0 Å². The van der Waals surface area contributed by atoms with E-state index >= 15 is 0 Å². The number of aryl methyl sites for hydroxylation is 1. The lowest BCUT2D eigenvalue weighted by Crippen LogP contribution is -2.29. The molecule has 4 unspecified atom stereocenters. The predicted molar refractivity (Wildman–Crippen MR) is 137 cm³/mol. The van der Waals surface area contributed by atoms with E-state index in [1.807, 2.05) is 11.3 Å². The highest BCUT2D eigenvalue weighted by Crippen LogP contribution is 2.40. The number of rotatable bonds is 9. The maximum Gasteiger partial charge on any atom is 0.0932 e. The van der Waals surface area contributed by atoms with Crippen molar-refractivity contribution in [3.05, 3.63) is 39.7 Å². The average molecular weight is 455 g/mol. The van der Waals surface area contributed by atoms with E-state index in [4.69, 9.17) is 10.1 Å². The lowest BCUT2D eigenvalue weighted by molar-refractivity contribution is 0.282. The minimum atomic E-state index is 0.317. The zero-order valence-electron chi connectivity index (χ0n) is 20.1. The summed E-state index contributed by atoms with van der Waals surface area (Å²) in [5.41, 5.74) is 5.58. The van der Waals surface area contributed by atoms with Crippen molar-refractivity contribution >= 4 is 11.3 Å². The van der Waals surface area contributed by atoms with Crippen molar-refractivity contribution in [2.24, 2.45) is 5.92 Å². The third-order valence-corrected chi connectivity index (χ3v) is 8.81. The highest BCUT2D eigenvalue weighted by molar-refractivity contribution is 7.09. The second-order valence-electron chi connectivity index (χ2n) is 10.3. The van der Waals surface area contributed by atoms with Crippen LogP contribution in [0, 0.1) is 5.92 Å². The largest absolute Gasteiger partial charge is 0.396 e. The Bertz CT molecular complexity index is 848. The van der Waals surface area contributed by atoms with Crippen LogP contribution in [0.5, 0.6) is 0 Å². The number of aliphatic hydroxyl groups is 1. The summed E-state index contributed by atoms with van der Waals surface area (Å²) in [6, 6.07) is 7.77. The Balaban J connectivity index is 1.28. The van der Waals surface area contributed by atoms with Crippen molar-refractivity contribution in [2.75, 3.05) is 13.2 Å². The fourth-order valence-corrected chi connectivity index (χ4v) is 6.54. The van der Waals surface area contributed by atoms with E-state index in [0.717, 1.165) is 31.7 Å². The van der Waals surface area contributed by atoms with Crippen LogP contribution >= 0.6 is 11.3 Å². The number of aromatic nitrogens is 1. The number of fused-ring (bicyclic) bond motifs is 1. The summed E-state index contributed by atoms with van der Waals surface area (Å²) in [5.74, 6) is 2.20. The predicted octanol–water partition coefficient (Wildman–Crippen LogP) is 7.05. The molecule has 0 amide bonds. The SMILES string of the molecule is CC1CCC(C)c2cc(-c3csc(CCC4CCCC(NCCCCO)CC4)n3)ccc21. The van der Waals surface area contributed by atoms with Gasteiger partial charge in [-0.05, 0) is 99.3 Å². The van der Waals surface area contributed by atoms with Crippen LogP contribution in [0.1, 0.15) is 106 Å². The number of thiazole rings is 1. The normalized spacial score (nSPS) is 26.0. The summed E-state index contributed by atoms with van der Waals surface area (Å²) in [6.07, 6.45) is 13.7. The monoisotopic (exact) mass is 454 g/mol. The van der Waals surface area contributed by atoms with Crippen molar-refractivity contribution in [1.82, 2.24) is 10.3 Å². The Morgan fingerprint density at radius 3 is 2.69 bits per heavy atom. The van der Waals surface area contributed by atoms with Crippen LogP contribution in [0.2, 0.25) is 0 Å². The lowest BCUT2D eigenvalue weighted by atomic mass is 9.77. The van der Waals surface area contributed by atoms with Gasteiger partial charge in [-0.1, -0.05) is 38.8 Å². The van der Waals surface area contributed by atoms with Gasteiger partial charge in [0.2, 0.25) is 0 Å². The highest BCUT2D eigenvalue weighted by atomic mass is 32.1. The summed E-state index contributed by atoms with van der Waals surface area (Å²) in [6.45, 7) is 6.12. The molecule has 1 saturated carbocycles. The van der Waals surface area contributed by atoms with Gasteiger partial charge in [0.15, 0.2) is 0 Å². The van der Waals surface area contributed by atoms with Crippen molar-refractivity contribution in [1.29, 1.82) is 0 Å². The van der Waals surface area contributed by atoms with Gasteiger partial charge in [0.05, 0.1) is 10.7 Å². The molecule has 1 aromatic heterocycles. The van der Waals surface area contributed by atoms with Crippen molar-refractivity contribution in [3.63, 3.8) is 0 Å². The third kappa shape index (κ3) is 6.21. The number of aliphatic hydroxyl groups excluding tert-OH is 1. The van der Waals surface area contributed by atoms with E-state index in [2.05, 4.69) is 42.7 Å². The number of benzene rings is 1. The van der Waals surface area contributed by atoms with Crippen LogP contribution < -0.4 is 5.32 Å². The molecule has 0 spiro atoms. The molecule has 0 bridgehead atoms. The lowest BCUT2D eigenvalue weighted by Gasteiger charge is -2.27. The van der Waals surface area contributed by atoms with Crippen molar-refractivity contribution < 1.29 is 5.11 Å². The molecule has 4 rings (SSSR count). The quantitative estimate of drug-likeness (QED) is 0.315. The number of nitrogens with one attached hydrogen (secondary N) is 1. The summed E-state index contributed by atoms with van der Waals surface area (Å²) < 4.78 is 0. The smallest absolute Gasteiger partial charge is 0.0932 e. The first-order chi connectivity index (χ1) is 15.6. The molecule has 0 aliphatic heterocycles. The van der Waals surface area contributed by atoms with Gasteiger partial charge in [0.1, 0.15) is 0 Å². The Hall–Kier alpha value is -1.23. The molecule has 0 saturated heterocycles. The highest BCUT2D eigenvalue weighted by Gasteiger charge is 2.23. The minimum absolute atomic E-state index is 0.317. The van der Waals surface area contributed by atoms with E-state index in [0.29, 0.717) is 24.5 Å². The summed E-state index contributed by atoms with van der Waals surface area (Å²) in [5, 5.41) is 16.2. The van der Waals surface area contributed by atoms with Crippen LogP contribution in [-0.4, -0.2) is 29.3 Å². The summed E-state index contributed by atoms with van der Waals surface area (Å²) in [4.78, 5) is 5.04. The van der Waals surface area contributed by atoms with Crippen LogP contribution in [0.15, 0.2) is 23.6 Å². The second-order valence-corrected chi connectivity index (χ2v) is 11.3. The fourth-order valence-electron chi connectivity index (χ4n) is 5.72. The van der Waals surface area contributed by atoms with Gasteiger partial charge in [0.25, 0.3) is 0 Å². The molecule has 1 fully saturated rings.